The fourth-order valence-electron chi connectivity index (χ4n) is 1.73. The van der Waals surface area contributed by atoms with Gasteiger partial charge in [-0.1, -0.05) is 0 Å². The summed E-state index contributed by atoms with van der Waals surface area (Å²) in [7, 11) is 1.57. The molecule has 104 valence electrons. The third-order valence-electron chi connectivity index (χ3n) is 2.61. The van der Waals surface area contributed by atoms with Crippen LogP contribution in [0.15, 0.2) is 6.07 Å². The molecule has 0 radical (unpaired) electrons. The van der Waals surface area contributed by atoms with Crippen molar-refractivity contribution in [2.75, 3.05) is 24.2 Å². The Labute approximate surface area is 112 Å². The summed E-state index contributed by atoms with van der Waals surface area (Å²) < 4.78 is 36.7. The van der Waals surface area contributed by atoms with Gasteiger partial charge in [0.25, 0.3) is 0 Å². The van der Waals surface area contributed by atoms with Crippen LogP contribution in [0.2, 0.25) is 0 Å². The van der Waals surface area contributed by atoms with Crippen LogP contribution in [0.3, 0.4) is 0 Å². The van der Waals surface area contributed by atoms with Crippen molar-refractivity contribution in [2.45, 2.75) is 19.5 Å². The van der Waals surface area contributed by atoms with E-state index in [1.54, 1.807) is 7.05 Å². The lowest BCUT2D eigenvalue weighted by Crippen LogP contribution is -2.25. The summed E-state index contributed by atoms with van der Waals surface area (Å²) in [6, 6.07) is 1.86. The number of thiophene rings is 1. The molecule has 4 nitrogen and oxygen atoms in total. The summed E-state index contributed by atoms with van der Waals surface area (Å²) in [6.45, 7) is 1.74. The quantitative estimate of drug-likeness (QED) is 0.944. The van der Waals surface area contributed by atoms with Gasteiger partial charge in [0, 0.05) is 18.5 Å². The second-order valence-electron chi connectivity index (χ2n) is 4.27. The van der Waals surface area contributed by atoms with Crippen molar-refractivity contribution in [3.63, 3.8) is 0 Å². The van der Waals surface area contributed by atoms with E-state index >= 15 is 0 Å². The van der Waals surface area contributed by atoms with Crippen LogP contribution in [0, 0.1) is 6.92 Å². The first-order valence-electron chi connectivity index (χ1n) is 5.58. The topological polar surface area (TPSA) is 55.0 Å². The minimum Gasteiger partial charge on any atom is -0.368 e. The van der Waals surface area contributed by atoms with Crippen LogP contribution in [-0.2, 0) is 0 Å². The van der Waals surface area contributed by atoms with Crippen LogP contribution in [0.25, 0.3) is 10.2 Å². The standard InChI is InChI=1S/C11H13F3N4S/c1-6-5-7-8(16-10(15)17-9(7)19-6)18(2)4-3-11(12,13)14/h5H,3-4H2,1-2H3,(H2,15,16,17). The lowest BCUT2D eigenvalue weighted by atomic mass is 10.3. The second kappa shape index (κ2) is 4.84. The normalized spacial score (nSPS) is 12.1. The highest BCUT2D eigenvalue weighted by molar-refractivity contribution is 7.18. The van der Waals surface area contributed by atoms with Crippen LogP contribution in [0.4, 0.5) is 24.9 Å². The van der Waals surface area contributed by atoms with Gasteiger partial charge in [-0.25, -0.2) is 4.98 Å². The van der Waals surface area contributed by atoms with Crippen molar-refractivity contribution in [3.8, 4) is 0 Å². The van der Waals surface area contributed by atoms with Crippen molar-refractivity contribution in [1.82, 2.24) is 9.97 Å². The Hall–Kier alpha value is -1.57. The Kier molecular flexibility index (Phi) is 3.53. The largest absolute Gasteiger partial charge is 0.390 e. The van der Waals surface area contributed by atoms with Crippen LogP contribution >= 0.6 is 11.3 Å². The van der Waals surface area contributed by atoms with Gasteiger partial charge in [-0.2, -0.15) is 18.2 Å². The van der Waals surface area contributed by atoms with Gasteiger partial charge in [-0.3, -0.25) is 0 Å². The van der Waals surface area contributed by atoms with Gasteiger partial charge in [0.15, 0.2) is 0 Å². The highest BCUT2D eigenvalue weighted by Crippen LogP contribution is 2.31. The number of hydrogen-bond acceptors (Lipinski definition) is 5. The number of nitrogens with two attached hydrogens (primary N) is 1. The molecule has 19 heavy (non-hydrogen) atoms. The second-order valence-corrected chi connectivity index (χ2v) is 5.50. The Morgan fingerprint density at radius 3 is 2.68 bits per heavy atom. The number of halogens is 3. The van der Waals surface area contributed by atoms with E-state index in [2.05, 4.69) is 9.97 Å². The summed E-state index contributed by atoms with van der Waals surface area (Å²) in [5.41, 5.74) is 5.59. The highest BCUT2D eigenvalue weighted by Gasteiger charge is 2.27. The molecule has 0 bridgehead atoms. The lowest BCUT2D eigenvalue weighted by molar-refractivity contribution is -0.132. The number of fused-ring (bicyclic) bond motifs is 1. The fourth-order valence-corrected chi connectivity index (χ4v) is 2.62. The number of aryl methyl sites for hydroxylation is 1. The van der Waals surface area contributed by atoms with Gasteiger partial charge >= 0.3 is 6.18 Å². The molecule has 0 aromatic carbocycles. The molecular weight excluding hydrogens is 277 g/mol. The molecular formula is C11H13F3N4S. The molecule has 0 aliphatic heterocycles. The molecule has 0 saturated carbocycles. The number of alkyl halides is 3. The zero-order valence-corrected chi connectivity index (χ0v) is 11.3. The lowest BCUT2D eigenvalue weighted by Gasteiger charge is -2.19. The molecule has 8 heteroatoms. The highest BCUT2D eigenvalue weighted by atomic mass is 32.1. The van der Waals surface area contributed by atoms with Crippen molar-refractivity contribution in [1.29, 1.82) is 0 Å². The van der Waals surface area contributed by atoms with E-state index < -0.39 is 12.6 Å². The average molecular weight is 290 g/mol. The minimum absolute atomic E-state index is 0.0724. The molecule has 0 atom stereocenters. The van der Waals surface area contributed by atoms with Gasteiger partial charge < -0.3 is 10.6 Å². The summed E-state index contributed by atoms with van der Waals surface area (Å²) in [6.07, 6.45) is -5.07. The molecule has 2 heterocycles. The first kappa shape index (κ1) is 13.9. The number of hydrogen-bond donors (Lipinski definition) is 1. The Balaban J connectivity index is 2.33. The van der Waals surface area contributed by atoms with Gasteiger partial charge in [0.1, 0.15) is 10.6 Å². The molecule has 0 spiro atoms. The Bertz CT molecular complexity index is 593. The molecule has 0 aliphatic rings. The maximum Gasteiger partial charge on any atom is 0.390 e. The first-order chi connectivity index (χ1) is 8.76. The van der Waals surface area contributed by atoms with E-state index in [1.807, 2.05) is 13.0 Å². The van der Waals surface area contributed by atoms with E-state index in [4.69, 9.17) is 5.73 Å². The zero-order chi connectivity index (χ0) is 14.2. The monoisotopic (exact) mass is 290 g/mol. The van der Waals surface area contributed by atoms with Crippen LogP contribution in [-0.4, -0.2) is 29.7 Å². The number of nitrogen functional groups attached to an aromatic ring is 1. The molecule has 0 saturated heterocycles. The third-order valence-corrected chi connectivity index (χ3v) is 3.55. The third kappa shape index (κ3) is 3.25. The van der Waals surface area contributed by atoms with Crippen molar-refractivity contribution >= 4 is 33.3 Å². The predicted octanol–water partition coefficient (Wildman–Crippen LogP) is 2.97. The average Bonchev–Trinajstić information content (AvgIpc) is 2.63. The molecule has 2 aromatic rings. The van der Waals surface area contributed by atoms with Gasteiger partial charge in [0.05, 0.1) is 11.8 Å². The fraction of sp³-hybridized carbons (Fsp3) is 0.455. The summed E-state index contributed by atoms with van der Waals surface area (Å²) >= 11 is 1.44. The summed E-state index contributed by atoms with van der Waals surface area (Å²) in [4.78, 5) is 11.3. The van der Waals surface area contributed by atoms with Gasteiger partial charge in [-0.15, -0.1) is 11.3 Å². The molecule has 2 rings (SSSR count). The van der Waals surface area contributed by atoms with Gasteiger partial charge in [-0.05, 0) is 13.0 Å². The number of rotatable bonds is 3. The molecule has 0 amide bonds. The number of aromatic nitrogens is 2. The maximum absolute atomic E-state index is 12.2. The molecule has 0 unspecified atom stereocenters. The molecule has 0 fully saturated rings. The molecule has 0 aliphatic carbocycles. The van der Waals surface area contributed by atoms with Gasteiger partial charge in [0.2, 0.25) is 5.95 Å². The molecule has 2 N–H and O–H groups in total. The van der Waals surface area contributed by atoms with E-state index in [0.29, 0.717) is 10.6 Å². The SMILES string of the molecule is Cc1cc2c(N(C)CCC(F)(F)F)nc(N)nc2s1. The summed E-state index contributed by atoms with van der Waals surface area (Å²) in [5.74, 6) is 0.513. The van der Waals surface area contributed by atoms with Crippen molar-refractivity contribution < 1.29 is 13.2 Å². The maximum atomic E-state index is 12.2. The molecule has 2 aromatic heterocycles. The van der Waals surface area contributed by atoms with E-state index in [1.165, 1.54) is 16.2 Å². The minimum atomic E-state index is -4.18. The van der Waals surface area contributed by atoms with Crippen LogP contribution < -0.4 is 10.6 Å². The van der Waals surface area contributed by atoms with Crippen LogP contribution in [0.5, 0.6) is 0 Å². The zero-order valence-electron chi connectivity index (χ0n) is 10.5. The van der Waals surface area contributed by atoms with E-state index in [9.17, 15) is 13.2 Å². The van der Waals surface area contributed by atoms with Crippen molar-refractivity contribution in [2.24, 2.45) is 0 Å². The Morgan fingerprint density at radius 2 is 2.05 bits per heavy atom. The van der Waals surface area contributed by atoms with E-state index in [0.717, 1.165) is 10.3 Å². The van der Waals surface area contributed by atoms with Crippen molar-refractivity contribution in [3.05, 3.63) is 10.9 Å². The number of nitrogens with zero attached hydrogens (tertiary/aromatic N) is 3. The smallest absolute Gasteiger partial charge is 0.368 e. The first-order valence-corrected chi connectivity index (χ1v) is 6.39. The predicted molar refractivity (Wildman–Crippen MR) is 70.5 cm³/mol. The number of anilines is 2. The Morgan fingerprint density at radius 1 is 1.37 bits per heavy atom. The van der Waals surface area contributed by atoms with Crippen LogP contribution in [0.1, 0.15) is 11.3 Å². The van der Waals surface area contributed by atoms with E-state index in [-0.39, 0.29) is 12.5 Å². The summed E-state index contributed by atoms with van der Waals surface area (Å²) in [5, 5.41) is 0.737.